The Labute approximate surface area is 278 Å². The van der Waals surface area contributed by atoms with E-state index in [1.165, 1.54) is 24.3 Å². The van der Waals surface area contributed by atoms with E-state index in [-0.39, 0.29) is 31.6 Å². The van der Waals surface area contributed by atoms with Gasteiger partial charge in [-0.05, 0) is 72.4 Å². The van der Waals surface area contributed by atoms with Crippen molar-refractivity contribution in [3.8, 4) is 22.5 Å². The number of benzene rings is 3. The molecule has 242 valence electrons. The number of hydrogen-bond donors (Lipinski definition) is 4. The van der Waals surface area contributed by atoms with E-state index >= 15 is 0 Å². The Bertz CT molecular complexity index is 1860. The van der Waals surface area contributed by atoms with Crippen molar-refractivity contribution in [2.45, 2.75) is 12.4 Å². The number of halogens is 6. The Balaban J connectivity index is 1.20. The average Bonchev–Trinajstić information content (AvgIpc) is 3.07. The summed E-state index contributed by atoms with van der Waals surface area (Å²) in [5, 5.41) is 32.0. The van der Waals surface area contributed by atoms with Gasteiger partial charge in [-0.3, -0.25) is 16.2 Å². The molecule has 0 saturated carbocycles. The topological polar surface area (TPSA) is 123 Å². The number of rotatable bonds is 6. The van der Waals surface area contributed by atoms with Crippen molar-refractivity contribution < 1.29 is 31.8 Å². The van der Waals surface area contributed by atoms with Gasteiger partial charge in [0.1, 0.15) is 15.1 Å². The van der Waals surface area contributed by atoms with Crippen molar-refractivity contribution in [3.05, 3.63) is 143 Å². The summed E-state index contributed by atoms with van der Waals surface area (Å²) in [6.45, 7) is 0. The van der Waals surface area contributed by atoms with E-state index < -0.39 is 23.5 Å². The standard InChI is InChI=1S/C34H22F6N6S2/c35-33(36,37)23-15-11-19(12-16-23)25-3-1-5-27(45-25)31(43)47-29(41)21-7-9-22(10-8-21)30(42)48-32(44)28-6-2-4-26(46-28)20-13-17-24(18-14-20)34(38,39)40/h1-18,41-44H/p+1. The number of aromatic nitrogens is 2. The number of alkyl halides is 6. The van der Waals surface area contributed by atoms with Crippen molar-refractivity contribution in [1.82, 2.24) is 9.97 Å². The maximum atomic E-state index is 12.9. The van der Waals surface area contributed by atoms with Gasteiger partial charge in [0, 0.05) is 28.5 Å². The number of nitrogens with two attached hydrogens (primary N) is 1. The highest BCUT2D eigenvalue weighted by Crippen LogP contribution is 2.32. The highest BCUT2D eigenvalue weighted by atomic mass is 32.2. The van der Waals surface area contributed by atoms with Crippen LogP contribution in [-0.4, -0.2) is 30.1 Å². The molecule has 0 aliphatic carbocycles. The number of pyridine rings is 2. The quantitative estimate of drug-likeness (QED) is 0.0814. The number of nitrogens with one attached hydrogen (secondary N) is 3. The first-order chi connectivity index (χ1) is 22.7. The van der Waals surface area contributed by atoms with Crippen LogP contribution in [0.2, 0.25) is 0 Å². The third-order valence-corrected chi connectivity index (χ3v) is 8.55. The largest absolute Gasteiger partial charge is 0.416 e. The van der Waals surface area contributed by atoms with E-state index in [9.17, 15) is 26.3 Å². The molecule has 0 aliphatic rings. The van der Waals surface area contributed by atoms with Crippen LogP contribution in [0.1, 0.15) is 33.6 Å². The molecule has 0 saturated heterocycles. The molecule has 0 aliphatic heterocycles. The first-order valence-corrected chi connectivity index (χ1v) is 15.5. The van der Waals surface area contributed by atoms with E-state index in [2.05, 4.69) is 9.97 Å². The lowest BCUT2D eigenvalue weighted by Gasteiger charge is -2.09. The molecule has 0 spiro atoms. The van der Waals surface area contributed by atoms with Gasteiger partial charge in [-0.2, -0.15) is 26.3 Å². The summed E-state index contributed by atoms with van der Waals surface area (Å²) in [7, 11) is 0. The van der Waals surface area contributed by atoms with E-state index in [1.807, 2.05) is 0 Å². The maximum Gasteiger partial charge on any atom is 0.416 e. The normalized spacial score (nSPS) is 11.6. The molecule has 5 rings (SSSR count). The smallest absolute Gasteiger partial charge is 0.293 e. The Morgan fingerprint density at radius 3 is 1.31 bits per heavy atom. The molecule has 0 amide bonds. The Morgan fingerprint density at radius 2 is 0.896 bits per heavy atom. The summed E-state index contributed by atoms with van der Waals surface area (Å²) in [6, 6.07) is 25.5. The van der Waals surface area contributed by atoms with E-state index in [1.54, 1.807) is 60.7 Å². The summed E-state index contributed by atoms with van der Waals surface area (Å²) < 4.78 is 77.5. The van der Waals surface area contributed by atoms with Crippen LogP contribution in [0.5, 0.6) is 0 Å². The summed E-state index contributed by atoms with van der Waals surface area (Å²) in [6.07, 6.45) is -8.91. The molecule has 0 unspecified atom stereocenters. The number of nitrogens with zero attached hydrogens (tertiary/aromatic N) is 2. The highest BCUT2D eigenvalue weighted by molar-refractivity contribution is 8.27. The van der Waals surface area contributed by atoms with Gasteiger partial charge in [-0.25, -0.2) is 15.4 Å². The molecule has 0 bridgehead atoms. The second-order valence-electron chi connectivity index (χ2n) is 10.1. The molecule has 2 heterocycles. The molecular weight excluding hydrogens is 671 g/mol. The lowest BCUT2D eigenvalue weighted by Crippen LogP contribution is -2.38. The Hall–Kier alpha value is -5.08. The minimum atomic E-state index is -4.45. The van der Waals surface area contributed by atoms with Gasteiger partial charge < -0.3 is 0 Å². The average molecular weight is 694 g/mol. The van der Waals surface area contributed by atoms with Gasteiger partial charge in [0.15, 0.2) is 0 Å². The molecular formula is C34H23F6N6S2+. The van der Waals surface area contributed by atoms with Crippen LogP contribution in [0.4, 0.5) is 26.3 Å². The lowest BCUT2D eigenvalue weighted by atomic mass is 10.1. The first-order valence-electron chi connectivity index (χ1n) is 13.8. The molecule has 14 heteroatoms. The maximum absolute atomic E-state index is 12.9. The summed E-state index contributed by atoms with van der Waals surface area (Å²) >= 11 is 1.80. The summed E-state index contributed by atoms with van der Waals surface area (Å²) in [4.78, 5) is 8.81. The fourth-order valence-electron chi connectivity index (χ4n) is 4.32. The molecule has 0 atom stereocenters. The first kappa shape index (κ1) is 34.3. The van der Waals surface area contributed by atoms with Crippen molar-refractivity contribution in [3.63, 3.8) is 0 Å². The summed E-state index contributed by atoms with van der Waals surface area (Å²) in [5.74, 6) is 0. The Kier molecular flexibility index (Phi) is 9.96. The van der Waals surface area contributed by atoms with Crippen LogP contribution in [0, 0.1) is 16.2 Å². The summed E-state index contributed by atoms with van der Waals surface area (Å²) in [5.41, 5.74) is 1.76. The van der Waals surface area contributed by atoms with Crippen LogP contribution >= 0.6 is 23.5 Å². The van der Waals surface area contributed by atoms with Crippen LogP contribution in [0.3, 0.4) is 0 Å². The van der Waals surface area contributed by atoms with Crippen LogP contribution in [0.25, 0.3) is 22.5 Å². The molecule has 5 aromatic rings. The van der Waals surface area contributed by atoms with Gasteiger partial charge in [0.05, 0.1) is 39.5 Å². The van der Waals surface area contributed by atoms with Crippen molar-refractivity contribution in [2.24, 2.45) is 0 Å². The Morgan fingerprint density at radius 1 is 0.500 bits per heavy atom. The van der Waals surface area contributed by atoms with Gasteiger partial charge in [-0.1, -0.05) is 48.5 Å². The van der Waals surface area contributed by atoms with E-state index in [4.69, 9.17) is 21.6 Å². The number of thioether (sulfide) groups is 2. The third-order valence-electron chi connectivity index (χ3n) is 6.83. The van der Waals surface area contributed by atoms with E-state index in [0.29, 0.717) is 33.6 Å². The predicted molar refractivity (Wildman–Crippen MR) is 177 cm³/mol. The van der Waals surface area contributed by atoms with Crippen molar-refractivity contribution >= 4 is 43.7 Å². The molecule has 0 fully saturated rings. The van der Waals surface area contributed by atoms with Crippen LogP contribution < -0.4 is 5.41 Å². The second kappa shape index (κ2) is 14.0. The SMILES string of the molecule is N=C(SC(=N)c1cccc(-c2ccc(C(F)(F)F)cc2)n1)c1ccc(C(=[NH2+])SC(=N)c2cccc(-c3ccc(C(F)(F)F)cc3)n2)cc1. The predicted octanol–water partition coefficient (Wildman–Crippen LogP) is 8.20. The van der Waals surface area contributed by atoms with Crippen LogP contribution in [0.15, 0.2) is 109 Å². The molecule has 0 radical (unpaired) electrons. The zero-order valence-electron chi connectivity index (χ0n) is 24.4. The fraction of sp³-hybridized carbons (Fsp3) is 0.0588. The van der Waals surface area contributed by atoms with Crippen LogP contribution in [-0.2, 0) is 12.4 Å². The highest BCUT2D eigenvalue weighted by Gasteiger charge is 2.31. The molecule has 6 nitrogen and oxygen atoms in total. The van der Waals surface area contributed by atoms with Gasteiger partial charge in [0.25, 0.3) is 0 Å². The third kappa shape index (κ3) is 8.25. The molecule has 48 heavy (non-hydrogen) atoms. The molecule has 2 aromatic heterocycles. The van der Waals surface area contributed by atoms with Gasteiger partial charge in [-0.15, -0.1) is 0 Å². The molecule has 5 N–H and O–H groups in total. The monoisotopic (exact) mass is 693 g/mol. The zero-order chi connectivity index (χ0) is 34.6. The van der Waals surface area contributed by atoms with Gasteiger partial charge >= 0.3 is 12.4 Å². The minimum absolute atomic E-state index is 0.0214. The second-order valence-corrected chi connectivity index (χ2v) is 12.2. The lowest BCUT2D eigenvalue weighted by molar-refractivity contribution is -0.138. The fourth-order valence-corrected chi connectivity index (χ4v) is 5.69. The van der Waals surface area contributed by atoms with E-state index in [0.717, 1.165) is 47.8 Å². The van der Waals surface area contributed by atoms with Crippen molar-refractivity contribution in [1.29, 1.82) is 16.2 Å². The zero-order valence-corrected chi connectivity index (χ0v) is 26.1. The minimum Gasteiger partial charge on any atom is -0.293 e. The number of hydrogen-bond acceptors (Lipinski definition) is 7. The molecule has 3 aromatic carbocycles. The van der Waals surface area contributed by atoms with Crippen molar-refractivity contribution in [2.75, 3.05) is 0 Å². The van der Waals surface area contributed by atoms with Gasteiger partial charge in [0.2, 0.25) is 5.04 Å².